The molecule has 14 heavy (non-hydrogen) atoms. The van der Waals surface area contributed by atoms with E-state index in [0.29, 0.717) is 6.54 Å². The molecule has 0 saturated carbocycles. The SMILES string of the molecule is C=C1C(=C)C(=C)N(CCO)C(=C)C1=C. The van der Waals surface area contributed by atoms with Crippen LogP contribution < -0.4 is 0 Å². The summed E-state index contributed by atoms with van der Waals surface area (Å²) in [7, 11) is 0. The Labute approximate surface area is 84.9 Å². The Kier molecular flexibility index (Phi) is 2.77. The lowest BCUT2D eigenvalue weighted by Crippen LogP contribution is -2.30. The molecule has 0 aromatic carbocycles. The standard InChI is InChI=1S/C12H15NO/c1-8-9(2)11(4)13(6-7-14)12(5)10(8)3/h14H,1-7H2. The van der Waals surface area contributed by atoms with E-state index in [9.17, 15) is 0 Å². The first-order chi connectivity index (χ1) is 6.50. The van der Waals surface area contributed by atoms with Gasteiger partial charge in [0.05, 0.1) is 6.61 Å². The average molecular weight is 189 g/mol. The van der Waals surface area contributed by atoms with E-state index in [1.807, 2.05) is 0 Å². The van der Waals surface area contributed by atoms with Crippen molar-refractivity contribution in [3.63, 3.8) is 0 Å². The molecule has 74 valence electrons. The van der Waals surface area contributed by atoms with E-state index in [4.69, 9.17) is 5.11 Å². The Morgan fingerprint density at radius 1 is 0.857 bits per heavy atom. The molecular weight excluding hydrogens is 174 g/mol. The van der Waals surface area contributed by atoms with E-state index in [0.717, 1.165) is 28.1 Å². The number of aliphatic hydroxyl groups excluding tert-OH is 1. The number of β-amino-alcohol motifs (C(OH)–C–C–N with tert-alkyl or cyclic N) is 1. The topological polar surface area (TPSA) is 23.5 Å². The highest BCUT2D eigenvalue weighted by molar-refractivity contribution is 5.62. The summed E-state index contributed by atoms with van der Waals surface area (Å²) in [5.41, 5.74) is 3.77. The number of hydrogen-bond acceptors (Lipinski definition) is 2. The number of hydrogen-bond donors (Lipinski definition) is 1. The van der Waals surface area contributed by atoms with Crippen LogP contribution in [-0.2, 0) is 0 Å². The van der Waals surface area contributed by atoms with E-state index in [1.54, 1.807) is 4.90 Å². The molecule has 0 spiro atoms. The average Bonchev–Trinajstić information content (AvgIpc) is 2.19. The predicted molar refractivity (Wildman–Crippen MR) is 59.5 cm³/mol. The fraction of sp³-hybridized carbons (Fsp3) is 0.167. The van der Waals surface area contributed by atoms with E-state index >= 15 is 0 Å². The number of aliphatic hydroxyl groups is 1. The smallest absolute Gasteiger partial charge is 0.0610 e. The second-order valence-corrected chi connectivity index (χ2v) is 3.20. The molecule has 1 aliphatic heterocycles. The van der Waals surface area contributed by atoms with Gasteiger partial charge in [0.25, 0.3) is 0 Å². The first kappa shape index (κ1) is 10.5. The van der Waals surface area contributed by atoms with Crippen LogP contribution in [-0.4, -0.2) is 23.2 Å². The summed E-state index contributed by atoms with van der Waals surface area (Å²) in [6.45, 7) is 19.9. The molecule has 0 aromatic heterocycles. The van der Waals surface area contributed by atoms with Gasteiger partial charge in [0.1, 0.15) is 0 Å². The van der Waals surface area contributed by atoms with Crippen LogP contribution in [0.3, 0.4) is 0 Å². The summed E-state index contributed by atoms with van der Waals surface area (Å²) in [6.07, 6.45) is 0. The molecule has 1 aliphatic rings. The third kappa shape index (κ3) is 1.44. The molecule has 0 radical (unpaired) electrons. The fourth-order valence-electron chi connectivity index (χ4n) is 1.39. The van der Waals surface area contributed by atoms with Crippen molar-refractivity contribution in [2.24, 2.45) is 0 Å². The maximum absolute atomic E-state index is 8.89. The quantitative estimate of drug-likeness (QED) is 0.718. The molecule has 0 unspecified atom stereocenters. The van der Waals surface area contributed by atoms with Crippen molar-refractivity contribution >= 4 is 0 Å². The second-order valence-electron chi connectivity index (χ2n) is 3.20. The number of likely N-dealkylation sites (tertiary alicyclic amines) is 1. The van der Waals surface area contributed by atoms with Crippen molar-refractivity contribution in [3.05, 3.63) is 61.0 Å². The molecule has 0 bridgehead atoms. The lowest BCUT2D eigenvalue weighted by atomic mass is 9.92. The summed E-state index contributed by atoms with van der Waals surface area (Å²) in [5.74, 6) is 0. The minimum atomic E-state index is 0.0467. The van der Waals surface area contributed by atoms with Gasteiger partial charge in [-0.15, -0.1) is 0 Å². The van der Waals surface area contributed by atoms with Crippen molar-refractivity contribution in [2.45, 2.75) is 0 Å². The van der Waals surface area contributed by atoms with E-state index in [-0.39, 0.29) is 6.61 Å². The van der Waals surface area contributed by atoms with Crippen LogP contribution in [0.15, 0.2) is 61.0 Å². The Morgan fingerprint density at radius 2 is 1.29 bits per heavy atom. The summed E-state index contributed by atoms with van der Waals surface area (Å²) < 4.78 is 0. The molecule has 1 heterocycles. The van der Waals surface area contributed by atoms with Crippen LogP contribution in [0.25, 0.3) is 0 Å². The van der Waals surface area contributed by atoms with Crippen molar-refractivity contribution in [1.82, 2.24) is 4.90 Å². The third-order valence-corrected chi connectivity index (χ3v) is 2.40. The van der Waals surface area contributed by atoms with Crippen LogP contribution in [0.4, 0.5) is 0 Å². The molecule has 1 saturated heterocycles. The molecule has 2 heteroatoms. The van der Waals surface area contributed by atoms with Gasteiger partial charge in [-0.3, -0.25) is 0 Å². The zero-order valence-electron chi connectivity index (χ0n) is 8.34. The molecule has 0 aromatic rings. The molecule has 1 N–H and O–H groups in total. The number of rotatable bonds is 2. The number of allylic oxidation sites excluding steroid dienone is 2. The van der Waals surface area contributed by atoms with Crippen LogP contribution in [0.1, 0.15) is 0 Å². The van der Waals surface area contributed by atoms with Gasteiger partial charge in [-0.25, -0.2) is 0 Å². The minimum absolute atomic E-state index is 0.0467. The Morgan fingerprint density at radius 3 is 1.64 bits per heavy atom. The molecule has 1 rings (SSSR count). The highest BCUT2D eigenvalue weighted by atomic mass is 16.3. The van der Waals surface area contributed by atoms with Gasteiger partial charge in [-0.1, -0.05) is 32.9 Å². The zero-order chi connectivity index (χ0) is 10.9. The number of nitrogens with zero attached hydrogens (tertiary/aromatic N) is 1. The Balaban J connectivity index is 3.04. The highest BCUT2D eigenvalue weighted by Crippen LogP contribution is 2.36. The van der Waals surface area contributed by atoms with Crippen LogP contribution >= 0.6 is 0 Å². The summed E-state index contributed by atoms with van der Waals surface area (Å²) in [6, 6.07) is 0. The van der Waals surface area contributed by atoms with Crippen LogP contribution in [0.2, 0.25) is 0 Å². The molecule has 0 atom stereocenters. The summed E-state index contributed by atoms with van der Waals surface area (Å²) >= 11 is 0. The summed E-state index contributed by atoms with van der Waals surface area (Å²) in [5, 5.41) is 8.89. The van der Waals surface area contributed by atoms with Crippen molar-refractivity contribution in [2.75, 3.05) is 13.2 Å². The Hall–Kier alpha value is -1.54. The van der Waals surface area contributed by atoms with Crippen molar-refractivity contribution in [1.29, 1.82) is 0 Å². The van der Waals surface area contributed by atoms with Gasteiger partial charge in [-0.05, 0) is 16.7 Å². The molecule has 1 fully saturated rings. The maximum atomic E-state index is 8.89. The zero-order valence-corrected chi connectivity index (χ0v) is 8.34. The summed E-state index contributed by atoms with van der Waals surface area (Å²) in [4.78, 5) is 1.80. The third-order valence-electron chi connectivity index (χ3n) is 2.40. The maximum Gasteiger partial charge on any atom is 0.0610 e. The van der Waals surface area contributed by atoms with Gasteiger partial charge in [0.2, 0.25) is 0 Å². The van der Waals surface area contributed by atoms with Crippen molar-refractivity contribution in [3.8, 4) is 0 Å². The normalized spacial score (nSPS) is 18.1. The first-order valence-corrected chi connectivity index (χ1v) is 4.35. The van der Waals surface area contributed by atoms with Crippen molar-refractivity contribution < 1.29 is 5.11 Å². The van der Waals surface area contributed by atoms with E-state index in [1.165, 1.54) is 0 Å². The molecule has 0 amide bonds. The lowest BCUT2D eigenvalue weighted by Gasteiger charge is -2.36. The molecule has 0 aliphatic carbocycles. The first-order valence-electron chi connectivity index (χ1n) is 4.35. The molecule has 2 nitrogen and oxygen atoms in total. The van der Waals surface area contributed by atoms with E-state index < -0.39 is 0 Å². The second kappa shape index (κ2) is 3.68. The van der Waals surface area contributed by atoms with Crippen LogP contribution in [0, 0.1) is 0 Å². The fourth-order valence-corrected chi connectivity index (χ4v) is 1.39. The van der Waals surface area contributed by atoms with Gasteiger partial charge in [-0.2, -0.15) is 0 Å². The number of piperidine rings is 1. The van der Waals surface area contributed by atoms with Gasteiger partial charge >= 0.3 is 0 Å². The monoisotopic (exact) mass is 189 g/mol. The van der Waals surface area contributed by atoms with Gasteiger partial charge in [0.15, 0.2) is 0 Å². The molecular formula is C12H15NO. The highest BCUT2D eigenvalue weighted by Gasteiger charge is 2.24. The van der Waals surface area contributed by atoms with Gasteiger partial charge in [0, 0.05) is 17.9 Å². The minimum Gasteiger partial charge on any atom is -0.395 e. The van der Waals surface area contributed by atoms with Crippen LogP contribution in [0.5, 0.6) is 0 Å². The largest absolute Gasteiger partial charge is 0.395 e. The Bertz CT molecular complexity index is 319. The predicted octanol–water partition coefficient (Wildman–Crippen LogP) is 1.99. The van der Waals surface area contributed by atoms with E-state index in [2.05, 4.69) is 32.9 Å². The lowest BCUT2D eigenvalue weighted by molar-refractivity contribution is 0.252. The van der Waals surface area contributed by atoms with Gasteiger partial charge < -0.3 is 10.0 Å².